The van der Waals surface area contributed by atoms with Gasteiger partial charge in [-0.15, -0.1) is 0 Å². The third-order valence-electron chi connectivity index (χ3n) is 2.83. The minimum Gasteiger partial charge on any atom is -0.496 e. The molecule has 4 nitrogen and oxygen atoms in total. The summed E-state index contributed by atoms with van der Waals surface area (Å²) in [5.74, 6) is 0.891. The first-order chi connectivity index (χ1) is 9.33. The fourth-order valence-electron chi connectivity index (χ4n) is 1.92. The Labute approximate surface area is 116 Å². The molecule has 0 aliphatic heterocycles. The van der Waals surface area contributed by atoms with Crippen LogP contribution in [0.3, 0.4) is 0 Å². The van der Waals surface area contributed by atoms with Crippen LogP contribution in [0.2, 0.25) is 0 Å². The summed E-state index contributed by atoms with van der Waals surface area (Å²) in [6, 6.07) is 8.17. The second-order valence-corrected chi connectivity index (χ2v) is 4.12. The SMILES string of the molecule is CCNC(COCCOCC)c1ccccc1OC. The van der Waals surface area contributed by atoms with Crippen LogP contribution < -0.4 is 10.1 Å². The Bertz CT molecular complexity index is 344. The molecular weight excluding hydrogens is 242 g/mol. The van der Waals surface area contributed by atoms with Crippen LogP contribution in [0, 0.1) is 0 Å². The Kier molecular flexibility index (Phi) is 8.21. The normalized spacial score (nSPS) is 12.4. The molecule has 1 atom stereocenters. The molecule has 0 saturated carbocycles. The average Bonchev–Trinajstić information content (AvgIpc) is 2.46. The lowest BCUT2D eigenvalue weighted by atomic mass is 10.1. The van der Waals surface area contributed by atoms with Gasteiger partial charge in [0.2, 0.25) is 0 Å². The highest BCUT2D eigenvalue weighted by molar-refractivity contribution is 5.35. The smallest absolute Gasteiger partial charge is 0.123 e. The first-order valence-electron chi connectivity index (χ1n) is 6.85. The number of rotatable bonds is 10. The zero-order valence-corrected chi connectivity index (χ0v) is 12.1. The van der Waals surface area contributed by atoms with E-state index in [1.165, 1.54) is 0 Å². The van der Waals surface area contributed by atoms with Gasteiger partial charge in [-0.2, -0.15) is 0 Å². The van der Waals surface area contributed by atoms with Crippen LogP contribution >= 0.6 is 0 Å². The first-order valence-corrected chi connectivity index (χ1v) is 6.85. The minimum atomic E-state index is 0.141. The maximum atomic E-state index is 5.66. The number of para-hydroxylation sites is 1. The predicted molar refractivity (Wildman–Crippen MR) is 76.7 cm³/mol. The van der Waals surface area contributed by atoms with Crippen LogP contribution in [0.15, 0.2) is 24.3 Å². The monoisotopic (exact) mass is 267 g/mol. The van der Waals surface area contributed by atoms with Gasteiger partial charge in [-0.05, 0) is 19.5 Å². The number of hydrogen-bond acceptors (Lipinski definition) is 4. The molecular formula is C15H25NO3. The van der Waals surface area contributed by atoms with Crippen molar-refractivity contribution in [2.75, 3.05) is 40.1 Å². The summed E-state index contributed by atoms with van der Waals surface area (Å²) in [5.41, 5.74) is 1.13. The third-order valence-corrected chi connectivity index (χ3v) is 2.83. The van der Waals surface area contributed by atoms with Gasteiger partial charge in [0.25, 0.3) is 0 Å². The maximum absolute atomic E-state index is 5.66. The number of ether oxygens (including phenoxy) is 3. The Morgan fingerprint density at radius 1 is 1.11 bits per heavy atom. The van der Waals surface area contributed by atoms with Crippen molar-refractivity contribution in [3.05, 3.63) is 29.8 Å². The van der Waals surface area contributed by atoms with Gasteiger partial charge < -0.3 is 19.5 Å². The van der Waals surface area contributed by atoms with Gasteiger partial charge in [0.1, 0.15) is 5.75 Å². The van der Waals surface area contributed by atoms with Crippen LogP contribution in [0.1, 0.15) is 25.5 Å². The molecule has 0 amide bonds. The van der Waals surface area contributed by atoms with Crippen molar-refractivity contribution in [3.8, 4) is 5.75 Å². The fraction of sp³-hybridized carbons (Fsp3) is 0.600. The van der Waals surface area contributed by atoms with E-state index in [4.69, 9.17) is 14.2 Å². The summed E-state index contributed by atoms with van der Waals surface area (Å²) in [6.45, 7) is 7.55. The highest BCUT2D eigenvalue weighted by atomic mass is 16.5. The highest BCUT2D eigenvalue weighted by Crippen LogP contribution is 2.24. The molecule has 1 aromatic carbocycles. The molecule has 0 radical (unpaired) electrons. The van der Waals surface area contributed by atoms with Gasteiger partial charge in [0.15, 0.2) is 0 Å². The van der Waals surface area contributed by atoms with Crippen molar-refractivity contribution < 1.29 is 14.2 Å². The number of methoxy groups -OCH3 is 1. The molecule has 0 aromatic heterocycles. The van der Waals surface area contributed by atoms with E-state index in [0.717, 1.165) is 24.5 Å². The van der Waals surface area contributed by atoms with E-state index in [1.807, 2.05) is 25.1 Å². The Morgan fingerprint density at radius 3 is 2.53 bits per heavy atom. The zero-order valence-electron chi connectivity index (χ0n) is 12.1. The van der Waals surface area contributed by atoms with Crippen molar-refractivity contribution in [2.24, 2.45) is 0 Å². The molecule has 0 saturated heterocycles. The summed E-state index contributed by atoms with van der Waals surface area (Å²) in [7, 11) is 1.69. The van der Waals surface area contributed by atoms with Crippen molar-refractivity contribution in [1.82, 2.24) is 5.32 Å². The van der Waals surface area contributed by atoms with E-state index in [0.29, 0.717) is 19.8 Å². The molecule has 19 heavy (non-hydrogen) atoms. The second kappa shape index (κ2) is 9.78. The van der Waals surface area contributed by atoms with Gasteiger partial charge in [-0.25, -0.2) is 0 Å². The molecule has 1 rings (SSSR count). The van der Waals surface area contributed by atoms with Gasteiger partial charge in [-0.3, -0.25) is 0 Å². The summed E-state index contributed by atoms with van der Waals surface area (Å²) in [6.07, 6.45) is 0. The maximum Gasteiger partial charge on any atom is 0.123 e. The van der Waals surface area contributed by atoms with Crippen LogP contribution in [-0.2, 0) is 9.47 Å². The second-order valence-electron chi connectivity index (χ2n) is 4.12. The highest BCUT2D eigenvalue weighted by Gasteiger charge is 2.14. The van der Waals surface area contributed by atoms with Gasteiger partial charge >= 0.3 is 0 Å². The molecule has 1 unspecified atom stereocenters. The molecule has 4 heteroatoms. The lowest BCUT2D eigenvalue weighted by Crippen LogP contribution is -2.26. The molecule has 108 valence electrons. The molecule has 0 bridgehead atoms. The molecule has 0 aliphatic carbocycles. The van der Waals surface area contributed by atoms with E-state index >= 15 is 0 Å². The van der Waals surface area contributed by atoms with E-state index in [-0.39, 0.29) is 6.04 Å². The topological polar surface area (TPSA) is 39.7 Å². The molecule has 0 heterocycles. The van der Waals surface area contributed by atoms with Crippen LogP contribution in [0.4, 0.5) is 0 Å². The van der Waals surface area contributed by atoms with Crippen LogP contribution in [0.5, 0.6) is 5.75 Å². The average molecular weight is 267 g/mol. The number of likely N-dealkylation sites (N-methyl/N-ethyl adjacent to an activating group) is 1. The Balaban J connectivity index is 2.55. The molecule has 1 N–H and O–H groups in total. The molecule has 0 fully saturated rings. The quantitative estimate of drug-likeness (QED) is 0.661. The Hall–Kier alpha value is -1.10. The standard InChI is InChI=1S/C15H25NO3/c1-4-16-14(12-19-11-10-18-5-2)13-8-6-7-9-15(13)17-3/h6-9,14,16H,4-5,10-12H2,1-3H3. The number of nitrogens with one attached hydrogen (secondary N) is 1. The molecule has 0 aliphatic rings. The van der Waals surface area contributed by atoms with Crippen LogP contribution in [0.25, 0.3) is 0 Å². The van der Waals surface area contributed by atoms with E-state index < -0.39 is 0 Å². The van der Waals surface area contributed by atoms with E-state index in [1.54, 1.807) is 7.11 Å². The first kappa shape index (κ1) is 16.0. The van der Waals surface area contributed by atoms with E-state index in [9.17, 15) is 0 Å². The van der Waals surface area contributed by atoms with Crippen LogP contribution in [-0.4, -0.2) is 40.1 Å². The zero-order chi connectivity index (χ0) is 13.9. The lowest BCUT2D eigenvalue weighted by Gasteiger charge is -2.20. The summed E-state index contributed by atoms with van der Waals surface area (Å²) in [5, 5.41) is 3.42. The van der Waals surface area contributed by atoms with Crippen molar-refractivity contribution >= 4 is 0 Å². The predicted octanol–water partition coefficient (Wildman–Crippen LogP) is 2.40. The van der Waals surface area contributed by atoms with Crippen molar-refractivity contribution in [1.29, 1.82) is 0 Å². The lowest BCUT2D eigenvalue weighted by molar-refractivity contribution is 0.0432. The summed E-state index contributed by atoms with van der Waals surface area (Å²) in [4.78, 5) is 0. The number of hydrogen-bond donors (Lipinski definition) is 1. The molecule has 1 aromatic rings. The number of benzene rings is 1. The van der Waals surface area contributed by atoms with E-state index in [2.05, 4.69) is 18.3 Å². The third kappa shape index (κ3) is 5.59. The van der Waals surface area contributed by atoms with Crippen molar-refractivity contribution in [2.45, 2.75) is 19.9 Å². The van der Waals surface area contributed by atoms with Gasteiger partial charge in [0.05, 0.1) is 33.0 Å². The minimum absolute atomic E-state index is 0.141. The summed E-state index contributed by atoms with van der Waals surface area (Å²) >= 11 is 0. The van der Waals surface area contributed by atoms with Gasteiger partial charge in [0, 0.05) is 12.2 Å². The summed E-state index contributed by atoms with van der Waals surface area (Å²) < 4.78 is 16.3. The van der Waals surface area contributed by atoms with Crippen molar-refractivity contribution in [3.63, 3.8) is 0 Å². The molecule has 0 spiro atoms. The fourth-order valence-corrected chi connectivity index (χ4v) is 1.92. The Morgan fingerprint density at radius 2 is 1.84 bits per heavy atom. The largest absolute Gasteiger partial charge is 0.496 e. The van der Waals surface area contributed by atoms with Gasteiger partial charge in [-0.1, -0.05) is 25.1 Å².